The van der Waals surface area contributed by atoms with Gasteiger partial charge < -0.3 is 10.1 Å². The van der Waals surface area contributed by atoms with Gasteiger partial charge in [0, 0.05) is 25.5 Å². The molecule has 0 aliphatic rings. The van der Waals surface area contributed by atoms with Crippen molar-refractivity contribution in [3.63, 3.8) is 0 Å². The van der Waals surface area contributed by atoms with Crippen molar-refractivity contribution >= 4 is 6.09 Å². The Morgan fingerprint density at radius 3 is 2.81 bits per heavy atom. The zero-order chi connectivity index (χ0) is 12.0. The van der Waals surface area contributed by atoms with Crippen LogP contribution in [0, 0.1) is 0 Å². The van der Waals surface area contributed by atoms with Crippen molar-refractivity contribution in [1.82, 2.24) is 15.1 Å². The lowest BCUT2D eigenvalue weighted by atomic mass is 10.2. The van der Waals surface area contributed by atoms with Gasteiger partial charge in [-0.05, 0) is 33.3 Å². The Morgan fingerprint density at radius 1 is 1.50 bits per heavy atom. The van der Waals surface area contributed by atoms with Gasteiger partial charge in [-0.25, -0.2) is 4.79 Å². The van der Waals surface area contributed by atoms with Crippen LogP contribution in [-0.2, 0) is 11.3 Å². The standard InChI is InChI=1S/C11H19N3O2/c1-11(2,3)16-10(15)12-6-4-8-14-9-5-7-13-14/h5,7,9H,4,6,8H2,1-3H3,(H,12,15). The van der Waals surface area contributed by atoms with Crippen LogP contribution < -0.4 is 5.32 Å². The summed E-state index contributed by atoms with van der Waals surface area (Å²) in [6.07, 6.45) is 4.10. The zero-order valence-corrected chi connectivity index (χ0v) is 10.1. The zero-order valence-electron chi connectivity index (χ0n) is 10.1. The van der Waals surface area contributed by atoms with E-state index in [-0.39, 0.29) is 6.09 Å². The average molecular weight is 225 g/mol. The van der Waals surface area contributed by atoms with E-state index in [0.29, 0.717) is 6.54 Å². The van der Waals surface area contributed by atoms with Gasteiger partial charge >= 0.3 is 6.09 Å². The van der Waals surface area contributed by atoms with Gasteiger partial charge in [0.2, 0.25) is 0 Å². The summed E-state index contributed by atoms with van der Waals surface area (Å²) in [6, 6.07) is 1.88. The highest BCUT2D eigenvalue weighted by atomic mass is 16.6. The first-order valence-corrected chi connectivity index (χ1v) is 5.42. The van der Waals surface area contributed by atoms with E-state index < -0.39 is 5.60 Å². The van der Waals surface area contributed by atoms with Gasteiger partial charge in [-0.2, -0.15) is 5.10 Å². The van der Waals surface area contributed by atoms with Gasteiger partial charge in [0.05, 0.1) is 0 Å². The summed E-state index contributed by atoms with van der Waals surface area (Å²) in [5.41, 5.74) is -0.438. The van der Waals surface area contributed by atoms with Crippen LogP contribution in [0.15, 0.2) is 18.5 Å². The third-order valence-corrected chi connectivity index (χ3v) is 1.79. The van der Waals surface area contributed by atoms with Gasteiger partial charge in [-0.3, -0.25) is 4.68 Å². The quantitative estimate of drug-likeness (QED) is 0.795. The Labute approximate surface area is 95.8 Å². The molecule has 1 aromatic rings. The predicted molar refractivity (Wildman–Crippen MR) is 61.1 cm³/mol. The Bertz CT molecular complexity index is 314. The highest BCUT2D eigenvalue weighted by Gasteiger charge is 2.15. The summed E-state index contributed by atoms with van der Waals surface area (Å²) in [7, 11) is 0. The molecule has 0 fully saturated rings. The molecule has 1 N–H and O–H groups in total. The normalized spacial score (nSPS) is 11.2. The Hall–Kier alpha value is -1.52. The number of alkyl carbamates (subject to hydrolysis) is 1. The summed E-state index contributed by atoms with van der Waals surface area (Å²) < 4.78 is 6.93. The lowest BCUT2D eigenvalue weighted by molar-refractivity contribution is 0.0526. The molecule has 1 heterocycles. The first kappa shape index (κ1) is 12.5. The fraction of sp³-hybridized carbons (Fsp3) is 0.636. The van der Waals surface area contributed by atoms with Crippen molar-refractivity contribution in [3.8, 4) is 0 Å². The molecule has 1 amide bonds. The van der Waals surface area contributed by atoms with Crippen LogP contribution in [0.25, 0.3) is 0 Å². The number of aryl methyl sites for hydroxylation is 1. The number of carbonyl (C=O) groups excluding carboxylic acids is 1. The summed E-state index contributed by atoms with van der Waals surface area (Å²) >= 11 is 0. The molecule has 1 aromatic heterocycles. The van der Waals surface area contributed by atoms with Gasteiger partial charge in [0.1, 0.15) is 5.60 Å². The second-order valence-electron chi connectivity index (χ2n) is 4.55. The van der Waals surface area contributed by atoms with Gasteiger partial charge in [0.15, 0.2) is 0 Å². The molecule has 5 nitrogen and oxygen atoms in total. The van der Waals surface area contributed by atoms with E-state index in [2.05, 4.69) is 10.4 Å². The van der Waals surface area contributed by atoms with E-state index in [1.807, 2.05) is 37.7 Å². The van der Waals surface area contributed by atoms with Crippen molar-refractivity contribution in [2.75, 3.05) is 6.54 Å². The van der Waals surface area contributed by atoms with Crippen LogP contribution >= 0.6 is 0 Å². The highest BCUT2D eigenvalue weighted by molar-refractivity contribution is 5.67. The number of rotatable bonds is 4. The lowest BCUT2D eigenvalue weighted by Gasteiger charge is -2.19. The summed E-state index contributed by atoms with van der Waals surface area (Å²) in [4.78, 5) is 11.3. The SMILES string of the molecule is CC(C)(C)OC(=O)NCCCn1cccn1. The molecule has 0 bridgehead atoms. The number of carbonyl (C=O) groups is 1. The third kappa shape index (κ3) is 5.38. The van der Waals surface area contributed by atoms with Crippen molar-refractivity contribution in [1.29, 1.82) is 0 Å². The molecular formula is C11H19N3O2. The van der Waals surface area contributed by atoms with Gasteiger partial charge in [-0.1, -0.05) is 0 Å². The number of ether oxygens (including phenoxy) is 1. The Balaban J connectivity index is 2.09. The fourth-order valence-corrected chi connectivity index (χ4v) is 1.18. The molecule has 16 heavy (non-hydrogen) atoms. The summed E-state index contributed by atoms with van der Waals surface area (Å²) in [6.45, 7) is 6.92. The van der Waals surface area contributed by atoms with Crippen LogP contribution in [0.5, 0.6) is 0 Å². The van der Waals surface area contributed by atoms with E-state index in [1.54, 1.807) is 6.20 Å². The van der Waals surface area contributed by atoms with Gasteiger partial charge in [0.25, 0.3) is 0 Å². The first-order valence-electron chi connectivity index (χ1n) is 5.42. The minimum absolute atomic E-state index is 0.368. The molecular weight excluding hydrogens is 206 g/mol. The smallest absolute Gasteiger partial charge is 0.407 e. The molecule has 1 rings (SSSR count). The monoisotopic (exact) mass is 225 g/mol. The van der Waals surface area contributed by atoms with Crippen LogP contribution in [0.1, 0.15) is 27.2 Å². The molecule has 0 saturated carbocycles. The Kier molecular flexibility index (Phi) is 4.34. The number of nitrogens with one attached hydrogen (secondary N) is 1. The van der Waals surface area contributed by atoms with E-state index >= 15 is 0 Å². The first-order chi connectivity index (χ1) is 7.47. The van der Waals surface area contributed by atoms with E-state index in [0.717, 1.165) is 13.0 Å². The number of hydrogen-bond donors (Lipinski definition) is 1. The molecule has 0 aliphatic heterocycles. The second kappa shape index (κ2) is 5.53. The van der Waals surface area contributed by atoms with Crippen LogP contribution in [0.4, 0.5) is 4.79 Å². The number of nitrogens with zero attached hydrogens (tertiary/aromatic N) is 2. The largest absolute Gasteiger partial charge is 0.444 e. The summed E-state index contributed by atoms with van der Waals surface area (Å²) in [5, 5.41) is 6.76. The molecule has 0 atom stereocenters. The molecule has 0 aromatic carbocycles. The predicted octanol–water partition coefficient (Wildman–Crippen LogP) is 1.80. The topological polar surface area (TPSA) is 56.1 Å². The van der Waals surface area contributed by atoms with E-state index in [1.165, 1.54) is 0 Å². The number of hydrogen-bond acceptors (Lipinski definition) is 3. The molecule has 0 spiro atoms. The van der Waals surface area contributed by atoms with Crippen LogP contribution in [0.3, 0.4) is 0 Å². The van der Waals surface area contributed by atoms with Crippen molar-refractivity contribution < 1.29 is 9.53 Å². The molecule has 0 unspecified atom stereocenters. The van der Waals surface area contributed by atoms with Crippen molar-refractivity contribution in [2.45, 2.75) is 39.3 Å². The average Bonchev–Trinajstić information content (AvgIpc) is 2.62. The molecule has 0 aliphatic carbocycles. The summed E-state index contributed by atoms with van der Waals surface area (Å²) in [5.74, 6) is 0. The van der Waals surface area contributed by atoms with E-state index in [9.17, 15) is 4.79 Å². The van der Waals surface area contributed by atoms with Crippen LogP contribution in [0.2, 0.25) is 0 Å². The van der Waals surface area contributed by atoms with Crippen molar-refractivity contribution in [3.05, 3.63) is 18.5 Å². The minimum atomic E-state index is -0.438. The number of aromatic nitrogens is 2. The third-order valence-electron chi connectivity index (χ3n) is 1.79. The van der Waals surface area contributed by atoms with Crippen LogP contribution in [-0.4, -0.2) is 28.0 Å². The van der Waals surface area contributed by atoms with E-state index in [4.69, 9.17) is 4.74 Å². The van der Waals surface area contributed by atoms with Crippen molar-refractivity contribution in [2.24, 2.45) is 0 Å². The van der Waals surface area contributed by atoms with Gasteiger partial charge in [-0.15, -0.1) is 0 Å². The maximum absolute atomic E-state index is 11.3. The Morgan fingerprint density at radius 2 is 2.25 bits per heavy atom. The molecule has 90 valence electrons. The molecule has 5 heteroatoms. The molecule has 0 radical (unpaired) electrons. The maximum atomic E-state index is 11.3. The lowest BCUT2D eigenvalue weighted by Crippen LogP contribution is -2.33. The number of amides is 1. The maximum Gasteiger partial charge on any atom is 0.407 e. The highest BCUT2D eigenvalue weighted by Crippen LogP contribution is 2.06. The fourth-order valence-electron chi connectivity index (χ4n) is 1.18. The minimum Gasteiger partial charge on any atom is -0.444 e. The molecule has 0 saturated heterocycles. The second-order valence-corrected chi connectivity index (χ2v) is 4.55.